The molecular formula is C10H10O3. The van der Waals surface area contributed by atoms with E-state index in [0.717, 1.165) is 0 Å². The van der Waals surface area contributed by atoms with E-state index in [9.17, 15) is 4.79 Å². The summed E-state index contributed by atoms with van der Waals surface area (Å²) >= 11 is 0. The fraction of sp³-hybridized carbons (Fsp3) is 0.100. The summed E-state index contributed by atoms with van der Waals surface area (Å²) < 4.78 is 5.15. The smallest absolute Gasteiger partial charge is 0.335 e. The van der Waals surface area contributed by atoms with E-state index >= 15 is 0 Å². The second-order valence-electron chi connectivity index (χ2n) is 2.64. The Kier molecular flexibility index (Phi) is 2.69. The zero-order valence-electron chi connectivity index (χ0n) is 7.28. The van der Waals surface area contributed by atoms with E-state index in [1.807, 2.05) is 0 Å². The van der Waals surface area contributed by atoms with Crippen LogP contribution in [0.2, 0.25) is 0 Å². The minimum absolute atomic E-state index is 0.207. The number of carboxylic acid groups (broad SMARTS) is 1. The number of ether oxygens (including phenoxy) is 1. The summed E-state index contributed by atoms with van der Waals surface area (Å²) in [7, 11) is 0. The molecule has 0 aromatic heterocycles. The highest BCUT2D eigenvalue weighted by atomic mass is 16.5. The van der Waals surface area contributed by atoms with Gasteiger partial charge < -0.3 is 9.84 Å². The van der Waals surface area contributed by atoms with E-state index in [4.69, 9.17) is 9.84 Å². The SMILES string of the molecule is C=C(C)Oc1cccc(C(=O)O)c1. The van der Waals surface area contributed by atoms with Gasteiger partial charge in [0.15, 0.2) is 0 Å². The number of rotatable bonds is 3. The van der Waals surface area contributed by atoms with Crippen LogP contribution >= 0.6 is 0 Å². The Bertz CT molecular complexity index is 342. The molecule has 0 aliphatic rings. The van der Waals surface area contributed by atoms with Crippen molar-refractivity contribution >= 4 is 5.97 Å². The second kappa shape index (κ2) is 3.76. The zero-order valence-corrected chi connectivity index (χ0v) is 7.28. The maximum absolute atomic E-state index is 10.6. The summed E-state index contributed by atoms with van der Waals surface area (Å²) in [5, 5.41) is 8.67. The number of carbonyl (C=O) groups is 1. The molecule has 68 valence electrons. The van der Waals surface area contributed by atoms with Gasteiger partial charge in [0.2, 0.25) is 0 Å². The van der Waals surface area contributed by atoms with E-state index in [1.165, 1.54) is 12.1 Å². The summed E-state index contributed by atoms with van der Waals surface area (Å²) in [6.45, 7) is 5.26. The van der Waals surface area contributed by atoms with Crippen LogP contribution in [0.3, 0.4) is 0 Å². The molecule has 0 saturated carbocycles. The van der Waals surface area contributed by atoms with Crippen molar-refractivity contribution in [1.82, 2.24) is 0 Å². The lowest BCUT2D eigenvalue weighted by molar-refractivity contribution is 0.0696. The van der Waals surface area contributed by atoms with Crippen LogP contribution in [0.25, 0.3) is 0 Å². The molecule has 1 aromatic carbocycles. The number of benzene rings is 1. The maximum atomic E-state index is 10.6. The highest BCUT2D eigenvalue weighted by Gasteiger charge is 2.03. The van der Waals surface area contributed by atoms with Gasteiger partial charge >= 0.3 is 5.97 Å². The van der Waals surface area contributed by atoms with Crippen molar-refractivity contribution in [1.29, 1.82) is 0 Å². The largest absolute Gasteiger partial charge is 0.478 e. The lowest BCUT2D eigenvalue weighted by atomic mass is 10.2. The van der Waals surface area contributed by atoms with Gasteiger partial charge in [-0.3, -0.25) is 0 Å². The van der Waals surface area contributed by atoms with Crippen LogP contribution in [0.5, 0.6) is 5.75 Å². The molecule has 1 aromatic rings. The lowest BCUT2D eigenvalue weighted by Crippen LogP contribution is -1.96. The average molecular weight is 178 g/mol. The van der Waals surface area contributed by atoms with Gasteiger partial charge in [-0.05, 0) is 25.1 Å². The zero-order chi connectivity index (χ0) is 9.84. The first-order valence-electron chi connectivity index (χ1n) is 3.76. The van der Waals surface area contributed by atoms with Crippen molar-refractivity contribution in [2.45, 2.75) is 6.92 Å². The molecule has 0 bridgehead atoms. The molecule has 0 radical (unpaired) electrons. The molecule has 0 unspecified atom stereocenters. The van der Waals surface area contributed by atoms with Crippen LogP contribution in [0.15, 0.2) is 36.6 Å². The van der Waals surface area contributed by atoms with Crippen LogP contribution in [0, 0.1) is 0 Å². The van der Waals surface area contributed by atoms with Crippen LogP contribution < -0.4 is 4.74 Å². The Hall–Kier alpha value is -1.77. The van der Waals surface area contributed by atoms with E-state index in [1.54, 1.807) is 19.1 Å². The van der Waals surface area contributed by atoms with E-state index in [0.29, 0.717) is 11.5 Å². The van der Waals surface area contributed by atoms with Gasteiger partial charge in [-0.1, -0.05) is 12.6 Å². The fourth-order valence-electron chi connectivity index (χ4n) is 0.894. The maximum Gasteiger partial charge on any atom is 0.335 e. The van der Waals surface area contributed by atoms with Crippen LogP contribution in [0.1, 0.15) is 17.3 Å². The molecule has 1 rings (SSSR count). The van der Waals surface area contributed by atoms with Crippen molar-refractivity contribution in [2.24, 2.45) is 0 Å². The van der Waals surface area contributed by atoms with Crippen LogP contribution in [-0.4, -0.2) is 11.1 Å². The number of aromatic carboxylic acids is 1. The normalized spacial score (nSPS) is 9.31. The van der Waals surface area contributed by atoms with Gasteiger partial charge in [-0.2, -0.15) is 0 Å². The molecule has 0 atom stereocenters. The van der Waals surface area contributed by atoms with Crippen molar-refractivity contribution in [3.05, 3.63) is 42.2 Å². The van der Waals surface area contributed by atoms with E-state index < -0.39 is 5.97 Å². The van der Waals surface area contributed by atoms with E-state index in [2.05, 4.69) is 6.58 Å². The molecule has 1 N–H and O–H groups in total. The highest BCUT2D eigenvalue weighted by molar-refractivity contribution is 5.88. The third-order valence-corrected chi connectivity index (χ3v) is 1.37. The van der Waals surface area contributed by atoms with Crippen molar-refractivity contribution in [2.75, 3.05) is 0 Å². The third-order valence-electron chi connectivity index (χ3n) is 1.37. The lowest BCUT2D eigenvalue weighted by Gasteiger charge is -2.04. The summed E-state index contributed by atoms with van der Waals surface area (Å²) in [4.78, 5) is 10.6. The van der Waals surface area contributed by atoms with Gasteiger partial charge in [0.1, 0.15) is 5.75 Å². The number of allylic oxidation sites excluding steroid dienone is 1. The Morgan fingerprint density at radius 2 is 2.23 bits per heavy atom. The van der Waals surface area contributed by atoms with Crippen molar-refractivity contribution in [3.63, 3.8) is 0 Å². The number of hydrogen-bond acceptors (Lipinski definition) is 2. The minimum atomic E-state index is -0.966. The Morgan fingerprint density at radius 1 is 1.54 bits per heavy atom. The number of hydrogen-bond donors (Lipinski definition) is 1. The minimum Gasteiger partial charge on any atom is -0.478 e. The first-order valence-corrected chi connectivity index (χ1v) is 3.76. The topological polar surface area (TPSA) is 46.5 Å². The molecule has 0 heterocycles. The molecule has 0 saturated heterocycles. The first kappa shape index (κ1) is 9.32. The average Bonchev–Trinajstić information content (AvgIpc) is 2.03. The summed E-state index contributed by atoms with van der Waals surface area (Å²) in [6, 6.07) is 6.27. The van der Waals surface area contributed by atoms with Crippen LogP contribution in [0.4, 0.5) is 0 Å². The summed E-state index contributed by atoms with van der Waals surface area (Å²) in [6.07, 6.45) is 0. The van der Waals surface area contributed by atoms with Gasteiger partial charge in [0, 0.05) is 0 Å². The van der Waals surface area contributed by atoms with Gasteiger partial charge in [-0.15, -0.1) is 0 Å². The quantitative estimate of drug-likeness (QED) is 0.722. The van der Waals surface area contributed by atoms with Crippen LogP contribution in [-0.2, 0) is 0 Å². The van der Waals surface area contributed by atoms with Gasteiger partial charge in [0.05, 0.1) is 11.3 Å². The molecule has 0 aliphatic heterocycles. The Balaban J connectivity index is 2.91. The number of carboxylic acids is 1. The first-order chi connectivity index (χ1) is 6.09. The monoisotopic (exact) mass is 178 g/mol. The predicted molar refractivity (Wildman–Crippen MR) is 48.8 cm³/mol. The molecule has 0 amide bonds. The third kappa shape index (κ3) is 2.63. The molecular weight excluding hydrogens is 168 g/mol. The van der Waals surface area contributed by atoms with Gasteiger partial charge in [0.25, 0.3) is 0 Å². The molecule has 3 nitrogen and oxygen atoms in total. The molecule has 0 aliphatic carbocycles. The van der Waals surface area contributed by atoms with Gasteiger partial charge in [-0.25, -0.2) is 4.79 Å². The fourth-order valence-corrected chi connectivity index (χ4v) is 0.894. The summed E-state index contributed by atoms with van der Waals surface area (Å²) in [5.74, 6) is 0.0575. The highest BCUT2D eigenvalue weighted by Crippen LogP contribution is 2.15. The molecule has 0 spiro atoms. The molecule has 13 heavy (non-hydrogen) atoms. The Morgan fingerprint density at radius 3 is 2.77 bits per heavy atom. The summed E-state index contributed by atoms with van der Waals surface area (Å²) in [5.41, 5.74) is 0.207. The van der Waals surface area contributed by atoms with E-state index in [-0.39, 0.29) is 5.56 Å². The Labute approximate surface area is 76.3 Å². The predicted octanol–water partition coefficient (Wildman–Crippen LogP) is 2.30. The van der Waals surface area contributed by atoms with Crippen molar-refractivity contribution < 1.29 is 14.6 Å². The standard InChI is InChI=1S/C10H10O3/c1-7(2)13-9-5-3-4-8(6-9)10(11)12/h3-6H,1H2,2H3,(H,11,12). The van der Waals surface area contributed by atoms with Crippen molar-refractivity contribution in [3.8, 4) is 5.75 Å². The molecule has 0 fully saturated rings. The molecule has 3 heteroatoms. The second-order valence-corrected chi connectivity index (χ2v) is 2.64.